The summed E-state index contributed by atoms with van der Waals surface area (Å²) in [6.45, 7) is 0. The van der Waals surface area contributed by atoms with E-state index in [1.807, 2.05) is 0 Å². The number of ether oxygens (including phenoxy) is 1. The third kappa shape index (κ3) is 3.57. The minimum atomic E-state index is -3.69. The van der Waals surface area contributed by atoms with Crippen LogP contribution in [0.5, 0.6) is 5.75 Å². The van der Waals surface area contributed by atoms with E-state index < -0.39 is 10.0 Å². The van der Waals surface area contributed by atoms with Crippen LogP contribution >= 0.6 is 0 Å². The molecule has 0 atom stereocenters. The summed E-state index contributed by atoms with van der Waals surface area (Å²) >= 11 is 0. The van der Waals surface area contributed by atoms with Crippen molar-refractivity contribution in [1.29, 1.82) is 0 Å². The average molecular weight is 352 g/mol. The Morgan fingerprint density at radius 3 is 2.46 bits per heavy atom. The van der Waals surface area contributed by atoms with Crippen LogP contribution in [0, 0.1) is 0 Å². The highest BCUT2D eigenvalue weighted by atomic mass is 32.2. The lowest BCUT2D eigenvalue weighted by Crippen LogP contribution is -2.35. The summed E-state index contributed by atoms with van der Waals surface area (Å²) in [5.74, 6) is 0.107. The number of benzene rings is 1. The van der Waals surface area contributed by atoms with Crippen molar-refractivity contribution in [3.63, 3.8) is 0 Å². The lowest BCUT2D eigenvalue weighted by atomic mass is 10.1. The molecule has 2 aliphatic rings. The Morgan fingerprint density at radius 1 is 1.21 bits per heavy atom. The van der Waals surface area contributed by atoms with Crippen molar-refractivity contribution in [2.24, 2.45) is 0 Å². The van der Waals surface area contributed by atoms with Gasteiger partial charge in [0, 0.05) is 24.7 Å². The van der Waals surface area contributed by atoms with Crippen LogP contribution in [0.3, 0.4) is 0 Å². The highest BCUT2D eigenvalue weighted by molar-refractivity contribution is 7.89. The molecule has 0 heterocycles. The van der Waals surface area contributed by atoms with Crippen molar-refractivity contribution < 1.29 is 17.9 Å². The Labute approximate surface area is 143 Å². The summed E-state index contributed by atoms with van der Waals surface area (Å²) in [4.78, 5) is 14.5. The maximum Gasteiger partial charge on any atom is 0.253 e. The van der Waals surface area contributed by atoms with Gasteiger partial charge in [0.05, 0.1) is 7.11 Å². The van der Waals surface area contributed by atoms with Gasteiger partial charge in [-0.1, -0.05) is 12.8 Å². The van der Waals surface area contributed by atoms with Crippen molar-refractivity contribution in [3.8, 4) is 5.75 Å². The van der Waals surface area contributed by atoms with Gasteiger partial charge in [-0.25, -0.2) is 13.1 Å². The molecular weight excluding hydrogens is 328 g/mol. The van der Waals surface area contributed by atoms with Crippen LogP contribution in [-0.4, -0.2) is 45.5 Å². The van der Waals surface area contributed by atoms with E-state index in [0.717, 1.165) is 38.5 Å². The Hall–Kier alpha value is -1.60. The van der Waals surface area contributed by atoms with E-state index in [2.05, 4.69) is 4.72 Å². The Kier molecular flexibility index (Phi) is 4.83. The van der Waals surface area contributed by atoms with E-state index in [0.29, 0.717) is 5.56 Å². The lowest BCUT2D eigenvalue weighted by Gasteiger charge is -2.24. The molecule has 3 rings (SSSR count). The number of sulfonamides is 1. The van der Waals surface area contributed by atoms with Gasteiger partial charge in [0.2, 0.25) is 10.0 Å². The van der Waals surface area contributed by atoms with Crippen LogP contribution in [0.25, 0.3) is 0 Å². The van der Waals surface area contributed by atoms with Gasteiger partial charge in [0.15, 0.2) is 0 Å². The Balaban J connectivity index is 1.89. The molecule has 6 nitrogen and oxygen atoms in total. The fourth-order valence-corrected chi connectivity index (χ4v) is 4.66. The minimum Gasteiger partial charge on any atom is -0.495 e. The molecule has 132 valence electrons. The molecule has 0 aromatic heterocycles. The van der Waals surface area contributed by atoms with Crippen LogP contribution in [0.1, 0.15) is 48.9 Å². The van der Waals surface area contributed by atoms with Gasteiger partial charge in [-0.3, -0.25) is 4.79 Å². The SMILES string of the molecule is COc1ccc(C(=O)N(C)C2CCCC2)cc1S(=O)(=O)NC1CC1. The molecule has 2 fully saturated rings. The van der Waals surface area contributed by atoms with E-state index in [1.165, 1.54) is 13.2 Å². The normalized spacial score (nSPS) is 18.6. The van der Waals surface area contributed by atoms with E-state index in [9.17, 15) is 13.2 Å². The van der Waals surface area contributed by atoms with Gasteiger partial charge >= 0.3 is 0 Å². The maximum absolute atomic E-state index is 12.7. The van der Waals surface area contributed by atoms with Crippen LogP contribution < -0.4 is 9.46 Å². The lowest BCUT2D eigenvalue weighted by molar-refractivity contribution is 0.0735. The number of nitrogens with one attached hydrogen (secondary N) is 1. The quantitative estimate of drug-likeness (QED) is 0.851. The fraction of sp³-hybridized carbons (Fsp3) is 0.588. The molecule has 0 unspecified atom stereocenters. The number of hydrogen-bond donors (Lipinski definition) is 1. The summed E-state index contributed by atoms with van der Waals surface area (Å²) in [6.07, 6.45) is 5.99. The van der Waals surface area contributed by atoms with Crippen molar-refractivity contribution >= 4 is 15.9 Å². The molecule has 2 aliphatic carbocycles. The molecule has 1 aromatic carbocycles. The standard InChI is InChI=1S/C17H24N2O4S/c1-19(14-5-3-4-6-14)17(20)12-7-10-15(23-2)16(11-12)24(21,22)18-13-8-9-13/h7,10-11,13-14,18H,3-6,8-9H2,1-2H3. The van der Waals surface area contributed by atoms with E-state index in [1.54, 1.807) is 24.1 Å². The molecule has 0 spiro atoms. The molecule has 1 N–H and O–H groups in total. The number of rotatable bonds is 6. The molecule has 1 aromatic rings. The number of methoxy groups -OCH3 is 1. The zero-order valence-electron chi connectivity index (χ0n) is 14.1. The summed E-state index contributed by atoms with van der Waals surface area (Å²) < 4.78 is 32.9. The number of hydrogen-bond acceptors (Lipinski definition) is 4. The van der Waals surface area contributed by atoms with Crippen LogP contribution in [0.15, 0.2) is 23.1 Å². The van der Waals surface area contributed by atoms with Crippen LogP contribution in [-0.2, 0) is 10.0 Å². The smallest absolute Gasteiger partial charge is 0.253 e. The summed E-state index contributed by atoms with van der Waals surface area (Å²) in [7, 11) is -0.467. The average Bonchev–Trinajstić information content (AvgIpc) is 3.20. The van der Waals surface area contributed by atoms with Gasteiger partial charge in [0.25, 0.3) is 5.91 Å². The topological polar surface area (TPSA) is 75.7 Å². The largest absolute Gasteiger partial charge is 0.495 e. The zero-order chi connectivity index (χ0) is 17.3. The molecule has 0 saturated heterocycles. The second kappa shape index (κ2) is 6.72. The monoisotopic (exact) mass is 352 g/mol. The molecular formula is C17H24N2O4S. The minimum absolute atomic E-state index is 0.000209. The van der Waals surface area contributed by atoms with Gasteiger partial charge in [0.1, 0.15) is 10.6 Å². The van der Waals surface area contributed by atoms with E-state index >= 15 is 0 Å². The molecule has 7 heteroatoms. The van der Waals surface area contributed by atoms with Crippen molar-refractivity contribution in [2.45, 2.75) is 55.5 Å². The van der Waals surface area contributed by atoms with Gasteiger partial charge in [-0.2, -0.15) is 0 Å². The van der Waals surface area contributed by atoms with Crippen molar-refractivity contribution in [3.05, 3.63) is 23.8 Å². The van der Waals surface area contributed by atoms with Crippen molar-refractivity contribution in [2.75, 3.05) is 14.2 Å². The summed E-state index contributed by atoms with van der Waals surface area (Å²) in [6, 6.07) is 4.85. The molecule has 24 heavy (non-hydrogen) atoms. The van der Waals surface area contributed by atoms with Gasteiger partial charge in [-0.15, -0.1) is 0 Å². The summed E-state index contributed by atoms with van der Waals surface area (Å²) in [5, 5.41) is 0. The number of amides is 1. The first-order chi connectivity index (χ1) is 11.4. The number of carbonyl (C=O) groups is 1. The van der Waals surface area contributed by atoms with E-state index in [-0.39, 0.29) is 28.6 Å². The Morgan fingerprint density at radius 2 is 1.88 bits per heavy atom. The predicted molar refractivity (Wildman–Crippen MR) is 90.7 cm³/mol. The van der Waals surface area contributed by atoms with Gasteiger partial charge in [-0.05, 0) is 43.9 Å². The first-order valence-corrected chi connectivity index (χ1v) is 9.88. The van der Waals surface area contributed by atoms with Crippen LogP contribution in [0.4, 0.5) is 0 Å². The van der Waals surface area contributed by atoms with Crippen molar-refractivity contribution in [1.82, 2.24) is 9.62 Å². The molecule has 0 aliphatic heterocycles. The number of nitrogens with zero attached hydrogens (tertiary/aromatic N) is 1. The van der Waals surface area contributed by atoms with Crippen LogP contribution in [0.2, 0.25) is 0 Å². The molecule has 0 bridgehead atoms. The highest BCUT2D eigenvalue weighted by Crippen LogP contribution is 2.29. The number of carbonyl (C=O) groups excluding carboxylic acids is 1. The highest BCUT2D eigenvalue weighted by Gasteiger charge is 2.31. The second-order valence-electron chi connectivity index (χ2n) is 6.62. The zero-order valence-corrected chi connectivity index (χ0v) is 14.9. The van der Waals surface area contributed by atoms with E-state index in [4.69, 9.17) is 4.74 Å². The third-order valence-corrected chi connectivity index (χ3v) is 6.33. The summed E-state index contributed by atoms with van der Waals surface area (Å²) in [5.41, 5.74) is 0.376. The molecule has 1 amide bonds. The fourth-order valence-electron chi connectivity index (χ4n) is 3.16. The third-order valence-electron chi connectivity index (χ3n) is 4.79. The predicted octanol–water partition coefficient (Wildman–Crippen LogP) is 2.15. The molecule has 0 radical (unpaired) electrons. The maximum atomic E-state index is 12.7. The second-order valence-corrected chi connectivity index (χ2v) is 8.30. The first-order valence-electron chi connectivity index (χ1n) is 8.40. The van der Waals surface area contributed by atoms with Gasteiger partial charge < -0.3 is 9.64 Å². The first kappa shape index (κ1) is 17.2. The Bertz CT molecular complexity index is 722. The molecule has 2 saturated carbocycles.